The van der Waals surface area contributed by atoms with E-state index < -0.39 is 51.7 Å². The number of rotatable bonds is 7. The number of anilines is 1. The lowest BCUT2D eigenvalue weighted by molar-refractivity contribution is -0.385. The summed E-state index contributed by atoms with van der Waals surface area (Å²) in [5, 5.41) is 13.7. The molecule has 0 aromatic heterocycles. The second-order valence-corrected chi connectivity index (χ2v) is 9.79. The molecular weight excluding hydrogens is 575 g/mol. The van der Waals surface area contributed by atoms with Crippen molar-refractivity contribution in [2.45, 2.75) is 13.1 Å². The van der Waals surface area contributed by atoms with E-state index in [4.69, 9.17) is 16.3 Å². The van der Waals surface area contributed by atoms with Gasteiger partial charge in [0, 0.05) is 16.8 Å². The number of nitrogens with zero attached hydrogens (tertiary/aromatic N) is 2. The molecule has 0 spiro atoms. The van der Waals surface area contributed by atoms with E-state index >= 15 is 0 Å². The zero-order chi connectivity index (χ0) is 29.2. The third-order valence-corrected chi connectivity index (χ3v) is 6.81. The van der Waals surface area contributed by atoms with Gasteiger partial charge in [0.25, 0.3) is 11.1 Å². The average Bonchev–Trinajstić information content (AvgIpc) is 3.13. The minimum atomic E-state index is -4.78. The second kappa shape index (κ2) is 11.4. The van der Waals surface area contributed by atoms with Crippen molar-refractivity contribution >= 4 is 57.9 Å². The molecule has 40 heavy (non-hydrogen) atoms. The van der Waals surface area contributed by atoms with Gasteiger partial charge in [-0.25, -0.2) is 0 Å². The fourth-order valence-corrected chi connectivity index (χ4v) is 4.54. The topological polar surface area (TPSA) is 119 Å². The number of benzene rings is 3. The van der Waals surface area contributed by atoms with Crippen molar-refractivity contribution in [2.24, 2.45) is 0 Å². The van der Waals surface area contributed by atoms with Crippen LogP contribution in [0.2, 0.25) is 5.02 Å². The molecule has 0 radical (unpaired) electrons. The summed E-state index contributed by atoms with van der Waals surface area (Å²) in [6.45, 7) is 1.26. The lowest BCUT2D eigenvalue weighted by Gasteiger charge is -2.13. The van der Waals surface area contributed by atoms with Gasteiger partial charge in [-0.15, -0.1) is 0 Å². The number of carbonyl (C=O) groups excluding carboxylic acids is 3. The molecule has 0 atom stereocenters. The van der Waals surface area contributed by atoms with Crippen molar-refractivity contribution in [3.8, 4) is 11.5 Å². The Bertz CT molecular complexity index is 1580. The van der Waals surface area contributed by atoms with Crippen molar-refractivity contribution < 1.29 is 37.2 Å². The summed E-state index contributed by atoms with van der Waals surface area (Å²) >= 11 is 6.66. The maximum Gasteiger partial charge on any atom is 0.416 e. The van der Waals surface area contributed by atoms with Crippen LogP contribution in [-0.4, -0.2) is 33.4 Å². The highest BCUT2D eigenvalue weighted by atomic mass is 35.5. The van der Waals surface area contributed by atoms with Crippen LogP contribution in [0.1, 0.15) is 16.7 Å². The van der Waals surface area contributed by atoms with Gasteiger partial charge in [0.05, 0.1) is 15.4 Å². The normalized spacial score (nSPS) is 14.5. The molecule has 206 valence electrons. The number of nitrogens with one attached hydrogen (secondary N) is 1. The molecule has 0 aliphatic carbocycles. The Morgan fingerprint density at radius 3 is 2.58 bits per heavy atom. The summed E-state index contributed by atoms with van der Waals surface area (Å²) in [4.78, 5) is 48.8. The van der Waals surface area contributed by atoms with Crippen molar-refractivity contribution in [2.75, 3.05) is 11.9 Å². The third kappa shape index (κ3) is 6.61. The molecule has 1 aliphatic heterocycles. The van der Waals surface area contributed by atoms with Gasteiger partial charge in [-0.2, -0.15) is 13.2 Å². The molecule has 3 aromatic rings. The molecule has 14 heteroatoms. The number of ether oxygens (including phenoxy) is 1. The number of nitro groups is 1. The molecule has 1 aliphatic rings. The van der Waals surface area contributed by atoms with Crippen molar-refractivity contribution in [3.63, 3.8) is 0 Å². The third-order valence-electron chi connectivity index (χ3n) is 5.50. The molecule has 9 nitrogen and oxygen atoms in total. The van der Waals surface area contributed by atoms with Gasteiger partial charge in [-0.05, 0) is 72.3 Å². The van der Waals surface area contributed by atoms with Crippen LogP contribution in [0.15, 0.2) is 65.6 Å². The van der Waals surface area contributed by atoms with Gasteiger partial charge < -0.3 is 10.1 Å². The van der Waals surface area contributed by atoms with Gasteiger partial charge in [-0.3, -0.25) is 29.4 Å². The van der Waals surface area contributed by atoms with Crippen molar-refractivity contribution in [3.05, 3.63) is 97.4 Å². The summed E-state index contributed by atoms with van der Waals surface area (Å²) in [5.41, 5.74) is -0.521. The molecule has 1 saturated heterocycles. The van der Waals surface area contributed by atoms with Crippen LogP contribution < -0.4 is 10.1 Å². The van der Waals surface area contributed by atoms with Crippen LogP contribution in [0.3, 0.4) is 0 Å². The Balaban J connectivity index is 1.48. The van der Waals surface area contributed by atoms with Crippen LogP contribution in [0.5, 0.6) is 11.5 Å². The monoisotopic (exact) mass is 591 g/mol. The van der Waals surface area contributed by atoms with Crippen molar-refractivity contribution in [1.29, 1.82) is 0 Å². The molecule has 0 bridgehead atoms. The van der Waals surface area contributed by atoms with Gasteiger partial charge in [0.1, 0.15) is 12.3 Å². The molecule has 4 rings (SSSR count). The number of hydrogen-bond donors (Lipinski definition) is 1. The number of nitro benzene ring substituents is 1. The summed E-state index contributed by atoms with van der Waals surface area (Å²) < 4.78 is 44.4. The van der Waals surface area contributed by atoms with Crippen LogP contribution in [0.25, 0.3) is 6.08 Å². The molecule has 3 amide bonds. The number of alkyl halides is 3. The lowest BCUT2D eigenvalue weighted by atomic mass is 10.1. The Kier molecular flexibility index (Phi) is 8.16. The van der Waals surface area contributed by atoms with Gasteiger partial charge in [-0.1, -0.05) is 29.8 Å². The molecule has 3 aromatic carbocycles. The number of thioether (sulfide) groups is 1. The number of hydrogen-bond acceptors (Lipinski definition) is 7. The first-order chi connectivity index (χ1) is 18.8. The smallest absolute Gasteiger partial charge is 0.416 e. The van der Waals surface area contributed by atoms with E-state index in [1.54, 1.807) is 25.1 Å². The summed E-state index contributed by atoms with van der Waals surface area (Å²) in [6.07, 6.45) is -3.42. The molecule has 1 N–H and O–H groups in total. The molecule has 1 heterocycles. The van der Waals surface area contributed by atoms with Crippen LogP contribution in [0.4, 0.5) is 29.3 Å². The minimum absolute atomic E-state index is 0.00819. The summed E-state index contributed by atoms with van der Waals surface area (Å²) in [5.74, 6) is -1.71. The summed E-state index contributed by atoms with van der Waals surface area (Å²) in [6, 6.07) is 12.6. The number of carbonyl (C=O) groups is 3. The van der Waals surface area contributed by atoms with Gasteiger partial charge in [0.2, 0.25) is 11.7 Å². The minimum Gasteiger partial charge on any atom is -0.450 e. The first-order valence-corrected chi connectivity index (χ1v) is 12.5. The highest BCUT2D eigenvalue weighted by Gasteiger charge is 2.36. The predicted octanol–water partition coefficient (Wildman–Crippen LogP) is 7.04. The van der Waals surface area contributed by atoms with E-state index in [9.17, 15) is 37.7 Å². The highest BCUT2D eigenvalue weighted by molar-refractivity contribution is 8.18. The van der Waals surface area contributed by atoms with E-state index in [-0.39, 0.29) is 10.7 Å². The SMILES string of the molecule is Cc1ccc(NC(=O)CN2C(=O)S/C(=C/c3cccc(Oc4ccc(C(F)(F)F)cc4[N+](=O)[O-])c3)C2=O)cc1Cl. The maximum atomic E-state index is 13.0. The van der Waals surface area contributed by atoms with Gasteiger partial charge in [0.15, 0.2) is 0 Å². The number of halogens is 4. The van der Waals surface area contributed by atoms with Crippen LogP contribution >= 0.6 is 23.4 Å². The Morgan fingerprint density at radius 2 is 1.90 bits per heavy atom. The van der Waals surface area contributed by atoms with Crippen LogP contribution in [0, 0.1) is 17.0 Å². The molecule has 0 saturated carbocycles. The summed E-state index contributed by atoms with van der Waals surface area (Å²) in [7, 11) is 0. The molecular formula is C26H17ClF3N3O6S. The predicted molar refractivity (Wildman–Crippen MR) is 142 cm³/mol. The largest absolute Gasteiger partial charge is 0.450 e. The first-order valence-electron chi connectivity index (χ1n) is 11.3. The van der Waals surface area contributed by atoms with Crippen LogP contribution in [-0.2, 0) is 15.8 Å². The fourth-order valence-electron chi connectivity index (χ4n) is 3.52. The number of aryl methyl sites for hydroxylation is 1. The van der Waals surface area contributed by atoms with E-state index in [1.807, 2.05) is 0 Å². The standard InChI is InChI=1S/C26H17ClF3N3O6S/c1-14-5-7-17(12-19(14)27)31-23(34)13-32-24(35)22(40-25(32)36)10-15-3-2-4-18(9-15)39-21-8-6-16(26(28,29)30)11-20(21)33(37)38/h2-12H,13H2,1H3,(H,31,34)/b22-10+. The average molecular weight is 592 g/mol. The number of amides is 3. The number of imide groups is 1. The van der Waals surface area contributed by atoms with E-state index in [2.05, 4.69) is 5.32 Å². The van der Waals surface area contributed by atoms with Gasteiger partial charge >= 0.3 is 11.9 Å². The maximum absolute atomic E-state index is 13.0. The Hall–Kier alpha value is -4.36. The fraction of sp³-hybridized carbons (Fsp3) is 0.115. The quantitative estimate of drug-likeness (QED) is 0.178. The van der Waals surface area contributed by atoms with E-state index in [0.717, 1.165) is 16.5 Å². The highest BCUT2D eigenvalue weighted by Crippen LogP contribution is 2.38. The first kappa shape index (κ1) is 28.6. The second-order valence-electron chi connectivity index (χ2n) is 8.39. The zero-order valence-corrected chi connectivity index (χ0v) is 21.9. The molecule has 1 fully saturated rings. The van der Waals surface area contributed by atoms with E-state index in [1.165, 1.54) is 30.3 Å². The van der Waals surface area contributed by atoms with E-state index in [0.29, 0.717) is 40.2 Å². The Labute approximate surface area is 233 Å². The Morgan fingerprint density at radius 1 is 1.15 bits per heavy atom. The zero-order valence-electron chi connectivity index (χ0n) is 20.3. The lowest BCUT2D eigenvalue weighted by Crippen LogP contribution is -2.36. The van der Waals surface area contributed by atoms with Crippen molar-refractivity contribution in [1.82, 2.24) is 4.90 Å². The molecule has 0 unspecified atom stereocenters.